The van der Waals surface area contributed by atoms with Crippen molar-refractivity contribution < 1.29 is 24.1 Å². The summed E-state index contributed by atoms with van der Waals surface area (Å²) in [6, 6.07) is 17.7. The largest absolute Gasteiger partial charge is 0.495 e. The van der Waals surface area contributed by atoms with Crippen LogP contribution in [0.2, 0.25) is 0 Å². The van der Waals surface area contributed by atoms with E-state index in [1.165, 1.54) is 0 Å². The Morgan fingerprint density at radius 2 is 1.81 bits per heavy atom. The molecule has 7 nitrogen and oxygen atoms in total. The Labute approximate surface area is 224 Å². The number of rotatable bonds is 4. The second-order valence-electron chi connectivity index (χ2n) is 9.97. The van der Waals surface area contributed by atoms with Crippen LogP contribution < -0.4 is 9.47 Å². The smallest absolute Gasteiger partial charge is 0.227 e. The maximum atomic E-state index is 14.3. The molecule has 6 rings (SSSR count). The van der Waals surface area contributed by atoms with Crippen molar-refractivity contribution in [1.29, 1.82) is 0 Å². The monoisotopic (exact) mass is 564 g/mol. The van der Waals surface area contributed by atoms with Gasteiger partial charge in [-0.25, -0.2) is 0 Å². The number of benzene rings is 2. The van der Waals surface area contributed by atoms with Gasteiger partial charge in [-0.1, -0.05) is 65.3 Å². The highest BCUT2D eigenvalue weighted by Crippen LogP contribution is 2.71. The number of carbonyl (C=O) groups is 1. The minimum absolute atomic E-state index is 0.00198. The summed E-state index contributed by atoms with van der Waals surface area (Å²) in [5.74, 6) is -0.633. The molecule has 5 atom stereocenters. The number of hydrogen-bond acceptors (Lipinski definition) is 6. The molecule has 8 heteroatoms. The first kappa shape index (κ1) is 24.4. The first-order chi connectivity index (χ1) is 17.9. The minimum Gasteiger partial charge on any atom is -0.495 e. The molecule has 1 aliphatic carbocycles. The standard InChI is InChI=1S/C29H29BrN2O5/c1-18-24(27(33)32-12-14-36-15-13-32)25(19-6-4-3-5-7-19)29(20-8-10-21(30)11-9-20)28(18,34)26-22(35-2)16-31-17-23(26)37-29/h3-11,16-18,24-25,34H,12-15H2,1-2H3/t18-,24+,25-,28-,29+/m1/s1. The molecule has 0 unspecified atom stereocenters. The summed E-state index contributed by atoms with van der Waals surface area (Å²) in [6.45, 7) is 4.02. The molecule has 2 aliphatic heterocycles. The Kier molecular flexibility index (Phi) is 6.01. The Hall–Kier alpha value is -2.94. The van der Waals surface area contributed by atoms with Gasteiger partial charge in [-0.2, -0.15) is 0 Å². The number of halogens is 1. The van der Waals surface area contributed by atoms with Gasteiger partial charge < -0.3 is 24.2 Å². The topological polar surface area (TPSA) is 81.1 Å². The third-order valence-electron chi connectivity index (χ3n) is 8.35. The van der Waals surface area contributed by atoms with Crippen LogP contribution in [0, 0.1) is 11.8 Å². The number of hydrogen-bond donors (Lipinski definition) is 1. The molecule has 1 aromatic heterocycles. The summed E-state index contributed by atoms with van der Waals surface area (Å²) in [5, 5.41) is 13.0. The first-order valence-electron chi connectivity index (χ1n) is 12.5. The molecule has 0 spiro atoms. The van der Waals surface area contributed by atoms with E-state index in [1.54, 1.807) is 19.5 Å². The van der Waals surface area contributed by atoms with E-state index in [0.717, 1.165) is 15.6 Å². The van der Waals surface area contributed by atoms with Gasteiger partial charge in [0, 0.05) is 29.4 Å². The molecule has 0 bridgehead atoms. The number of morpholine rings is 1. The van der Waals surface area contributed by atoms with Crippen molar-refractivity contribution in [1.82, 2.24) is 9.88 Å². The summed E-state index contributed by atoms with van der Waals surface area (Å²) in [7, 11) is 1.56. The van der Waals surface area contributed by atoms with Gasteiger partial charge in [-0.3, -0.25) is 9.78 Å². The minimum atomic E-state index is -1.57. The zero-order valence-electron chi connectivity index (χ0n) is 20.8. The van der Waals surface area contributed by atoms with Crippen LogP contribution in [-0.2, 0) is 20.7 Å². The van der Waals surface area contributed by atoms with Crippen LogP contribution in [0.4, 0.5) is 0 Å². The maximum Gasteiger partial charge on any atom is 0.227 e. The Morgan fingerprint density at radius 1 is 1.11 bits per heavy atom. The lowest BCUT2D eigenvalue weighted by Gasteiger charge is -2.41. The SMILES string of the molecule is COc1cncc2c1[C@]1(O)[C@H](C)[C@H](C(=O)N3CCOCC3)[C@@H](c3ccccc3)[C@]1(c1ccc(Br)cc1)O2. The van der Waals surface area contributed by atoms with Crippen LogP contribution in [0.3, 0.4) is 0 Å². The highest BCUT2D eigenvalue weighted by Gasteiger charge is 2.77. The van der Waals surface area contributed by atoms with Gasteiger partial charge in [-0.15, -0.1) is 0 Å². The molecular formula is C29H29BrN2O5. The van der Waals surface area contributed by atoms with E-state index in [4.69, 9.17) is 14.2 Å². The quantitative estimate of drug-likeness (QED) is 0.510. The zero-order valence-corrected chi connectivity index (χ0v) is 22.3. The first-order valence-corrected chi connectivity index (χ1v) is 13.3. The van der Waals surface area contributed by atoms with Crippen molar-refractivity contribution in [2.75, 3.05) is 33.4 Å². The van der Waals surface area contributed by atoms with Crippen LogP contribution in [0.25, 0.3) is 0 Å². The molecule has 1 N–H and O–H groups in total. The predicted octanol–water partition coefficient (Wildman–Crippen LogP) is 4.24. The molecule has 2 aromatic carbocycles. The van der Waals surface area contributed by atoms with Crippen molar-refractivity contribution in [3.63, 3.8) is 0 Å². The number of pyridine rings is 1. The van der Waals surface area contributed by atoms with E-state index >= 15 is 0 Å². The van der Waals surface area contributed by atoms with Gasteiger partial charge in [0.15, 0.2) is 5.60 Å². The van der Waals surface area contributed by atoms with E-state index in [-0.39, 0.29) is 5.91 Å². The van der Waals surface area contributed by atoms with Crippen LogP contribution >= 0.6 is 15.9 Å². The number of aromatic nitrogens is 1. The van der Waals surface area contributed by atoms with Gasteiger partial charge in [0.25, 0.3) is 0 Å². The Morgan fingerprint density at radius 3 is 2.49 bits per heavy atom. The average Bonchev–Trinajstić information content (AvgIpc) is 3.32. The van der Waals surface area contributed by atoms with Crippen molar-refractivity contribution >= 4 is 21.8 Å². The van der Waals surface area contributed by atoms with Gasteiger partial charge in [0.2, 0.25) is 5.91 Å². The van der Waals surface area contributed by atoms with Gasteiger partial charge in [0.1, 0.15) is 17.1 Å². The van der Waals surface area contributed by atoms with E-state index in [0.29, 0.717) is 43.4 Å². The molecule has 3 aliphatic rings. The molecule has 1 amide bonds. The fraction of sp³-hybridized carbons (Fsp3) is 0.379. The second kappa shape index (κ2) is 9.11. The third kappa shape index (κ3) is 3.39. The van der Waals surface area contributed by atoms with E-state index in [9.17, 15) is 9.90 Å². The molecule has 3 heterocycles. The number of nitrogens with zero attached hydrogens (tertiary/aromatic N) is 2. The highest BCUT2D eigenvalue weighted by molar-refractivity contribution is 9.10. The number of aliphatic hydroxyl groups is 1. The van der Waals surface area contributed by atoms with Crippen molar-refractivity contribution in [2.24, 2.45) is 11.8 Å². The molecule has 1 saturated carbocycles. The predicted molar refractivity (Wildman–Crippen MR) is 140 cm³/mol. The summed E-state index contributed by atoms with van der Waals surface area (Å²) in [4.78, 5) is 20.5. The fourth-order valence-electron chi connectivity index (χ4n) is 6.75. The normalized spacial score (nSPS) is 30.4. The summed E-state index contributed by atoms with van der Waals surface area (Å²) in [6.07, 6.45) is 3.22. The number of amides is 1. The van der Waals surface area contributed by atoms with Gasteiger partial charge >= 0.3 is 0 Å². The lowest BCUT2D eigenvalue weighted by atomic mass is 9.70. The molecular weight excluding hydrogens is 536 g/mol. The molecule has 1 saturated heterocycles. The van der Waals surface area contributed by atoms with Crippen molar-refractivity contribution in [2.45, 2.75) is 24.0 Å². The zero-order chi connectivity index (χ0) is 25.8. The van der Waals surface area contributed by atoms with Crippen molar-refractivity contribution in [3.8, 4) is 11.5 Å². The second-order valence-corrected chi connectivity index (χ2v) is 10.9. The van der Waals surface area contributed by atoms with Gasteiger partial charge in [0.05, 0.1) is 44.2 Å². The lowest BCUT2D eigenvalue weighted by Crippen LogP contribution is -2.50. The Balaban J connectivity index is 1.65. The van der Waals surface area contributed by atoms with Crippen LogP contribution in [0.15, 0.2) is 71.5 Å². The maximum absolute atomic E-state index is 14.3. The average molecular weight is 565 g/mol. The fourth-order valence-corrected chi connectivity index (χ4v) is 7.01. The molecule has 192 valence electrons. The number of ether oxygens (including phenoxy) is 3. The molecule has 37 heavy (non-hydrogen) atoms. The van der Waals surface area contributed by atoms with Crippen LogP contribution in [0.1, 0.15) is 29.5 Å². The van der Waals surface area contributed by atoms with Crippen LogP contribution in [0.5, 0.6) is 11.5 Å². The van der Waals surface area contributed by atoms with E-state index in [2.05, 4.69) is 20.9 Å². The lowest BCUT2D eigenvalue weighted by molar-refractivity contribution is -0.143. The summed E-state index contributed by atoms with van der Waals surface area (Å²) >= 11 is 3.54. The summed E-state index contributed by atoms with van der Waals surface area (Å²) in [5.41, 5.74) is -0.607. The number of fused-ring (bicyclic) bond motifs is 3. The molecule has 0 radical (unpaired) electrons. The molecule has 2 fully saturated rings. The number of methoxy groups -OCH3 is 1. The highest BCUT2D eigenvalue weighted by atomic mass is 79.9. The molecule has 3 aromatic rings. The summed E-state index contributed by atoms with van der Waals surface area (Å²) < 4.78 is 19.0. The van der Waals surface area contributed by atoms with E-state index < -0.39 is 29.0 Å². The van der Waals surface area contributed by atoms with Crippen molar-refractivity contribution in [3.05, 3.63) is 88.2 Å². The van der Waals surface area contributed by atoms with Crippen LogP contribution in [-0.4, -0.2) is 54.3 Å². The third-order valence-corrected chi connectivity index (χ3v) is 8.88. The van der Waals surface area contributed by atoms with Gasteiger partial charge in [-0.05, 0) is 23.3 Å². The number of carbonyl (C=O) groups excluding carboxylic acids is 1. The Bertz CT molecular complexity index is 1310. The van der Waals surface area contributed by atoms with E-state index in [1.807, 2.05) is 66.4 Å².